The van der Waals surface area contributed by atoms with Gasteiger partial charge in [0.25, 0.3) is 13.4 Å². The molecule has 0 amide bonds. The molecule has 49 heavy (non-hydrogen) atoms. The lowest BCUT2D eigenvalue weighted by molar-refractivity contribution is 0.456. The van der Waals surface area contributed by atoms with Crippen LogP contribution in [0.4, 0.5) is 17.1 Å². The number of fused-ring (bicyclic) bond motifs is 4. The molecule has 0 saturated heterocycles. The zero-order valence-corrected chi connectivity index (χ0v) is 26.0. The lowest BCUT2D eigenvalue weighted by Crippen LogP contribution is -2.64. The second kappa shape index (κ2) is 8.38. The van der Waals surface area contributed by atoms with Crippen LogP contribution < -0.4 is 51.9 Å². The van der Waals surface area contributed by atoms with Crippen molar-refractivity contribution in [3.63, 3.8) is 0 Å². The predicted octanol–water partition coefficient (Wildman–Crippen LogP) is 6.23. The molecule has 7 heteroatoms. The molecule has 0 saturated carbocycles. The summed E-state index contributed by atoms with van der Waals surface area (Å²) >= 11 is 0. The van der Waals surface area contributed by atoms with E-state index in [9.17, 15) is 0 Å². The topological polar surface area (TPSA) is 35.9 Å². The fourth-order valence-electron chi connectivity index (χ4n) is 9.48. The number of benzene rings is 7. The molecule has 0 aliphatic carbocycles. The van der Waals surface area contributed by atoms with E-state index in [2.05, 4.69) is 125 Å². The Bertz CT molecular complexity index is 2850. The molecule has 5 nitrogen and oxygen atoms in total. The molecule has 0 fully saturated rings. The molecule has 6 heterocycles. The van der Waals surface area contributed by atoms with Crippen molar-refractivity contribution in [1.29, 1.82) is 0 Å². The van der Waals surface area contributed by atoms with Crippen LogP contribution in [0, 0.1) is 0 Å². The van der Waals surface area contributed by atoms with Gasteiger partial charge in [-0.25, -0.2) is 0 Å². The van der Waals surface area contributed by atoms with Gasteiger partial charge in [0.2, 0.25) is 0 Å². The third-order valence-electron chi connectivity index (χ3n) is 11.3. The SMILES string of the molecule is c1ccc(N2c3cc4c5cc3B3c6c2cccc6-n2c6ccccc6c6ccc(c3c62)Oc2cccc3c2B5c2c(cccc2O3)O4)cc1. The molecule has 8 aromatic rings. The number of ether oxygens (including phenoxy) is 3. The molecule has 0 unspecified atom stereocenters. The summed E-state index contributed by atoms with van der Waals surface area (Å²) in [6.45, 7) is -0.175. The van der Waals surface area contributed by atoms with Gasteiger partial charge in [0.15, 0.2) is 0 Å². The van der Waals surface area contributed by atoms with Gasteiger partial charge in [-0.3, -0.25) is 0 Å². The van der Waals surface area contributed by atoms with E-state index in [0.29, 0.717) is 0 Å². The molecule has 5 aliphatic heterocycles. The Morgan fingerprint density at radius 2 is 1.04 bits per heavy atom. The number of hydrogen-bond acceptors (Lipinski definition) is 4. The van der Waals surface area contributed by atoms with Crippen LogP contribution >= 0.6 is 0 Å². The van der Waals surface area contributed by atoms with Gasteiger partial charge in [0, 0.05) is 50.5 Å². The third kappa shape index (κ3) is 2.85. The Morgan fingerprint density at radius 1 is 0.408 bits per heavy atom. The smallest absolute Gasteiger partial charge is 0.265 e. The van der Waals surface area contributed by atoms with Crippen LogP contribution in [0.25, 0.3) is 27.5 Å². The summed E-state index contributed by atoms with van der Waals surface area (Å²) in [6, 6.07) is 47.7. The van der Waals surface area contributed by atoms with Crippen LogP contribution in [0.5, 0.6) is 34.5 Å². The summed E-state index contributed by atoms with van der Waals surface area (Å²) < 4.78 is 23.1. The van der Waals surface area contributed by atoms with Crippen LogP contribution in [-0.2, 0) is 0 Å². The van der Waals surface area contributed by atoms with Gasteiger partial charge in [-0.15, -0.1) is 0 Å². The van der Waals surface area contributed by atoms with Crippen molar-refractivity contribution in [2.75, 3.05) is 4.90 Å². The molecule has 0 N–H and O–H groups in total. The molecule has 1 aromatic heterocycles. The molecule has 7 aromatic carbocycles. The van der Waals surface area contributed by atoms with Crippen LogP contribution in [-0.4, -0.2) is 18.0 Å². The maximum Gasteiger partial charge on any atom is 0.265 e. The fourth-order valence-corrected chi connectivity index (χ4v) is 9.48. The van der Waals surface area contributed by atoms with E-state index < -0.39 is 0 Å². The van der Waals surface area contributed by atoms with Crippen LogP contribution in [0.2, 0.25) is 0 Å². The number of hydrogen-bond donors (Lipinski definition) is 0. The van der Waals surface area contributed by atoms with Gasteiger partial charge in [0.1, 0.15) is 34.5 Å². The second-order valence-corrected chi connectivity index (χ2v) is 13.6. The highest BCUT2D eigenvalue weighted by Gasteiger charge is 2.48. The Balaban J connectivity index is 1.25. The van der Waals surface area contributed by atoms with Gasteiger partial charge in [-0.2, -0.15) is 0 Å². The van der Waals surface area contributed by atoms with Gasteiger partial charge >= 0.3 is 0 Å². The highest BCUT2D eigenvalue weighted by Crippen LogP contribution is 2.45. The molecular formula is C42H22B2N2O3. The van der Waals surface area contributed by atoms with Gasteiger partial charge in [-0.1, -0.05) is 60.7 Å². The quantitative estimate of drug-likeness (QED) is 0.203. The monoisotopic (exact) mass is 624 g/mol. The summed E-state index contributed by atoms with van der Waals surface area (Å²) in [7, 11) is 0. The Hall–Kier alpha value is -6.33. The number of rotatable bonds is 1. The maximum absolute atomic E-state index is 7.23. The van der Waals surface area contributed by atoms with Gasteiger partial charge < -0.3 is 23.7 Å². The Labute approximate surface area is 281 Å². The van der Waals surface area contributed by atoms with E-state index >= 15 is 0 Å². The van der Waals surface area contributed by atoms with Crippen molar-refractivity contribution in [2.45, 2.75) is 0 Å². The number of para-hydroxylation sites is 2. The van der Waals surface area contributed by atoms with Crippen molar-refractivity contribution in [2.24, 2.45) is 0 Å². The minimum Gasteiger partial charge on any atom is -0.458 e. The Morgan fingerprint density at radius 3 is 1.82 bits per heavy atom. The minimum atomic E-state index is -0.109. The maximum atomic E-state index is 7.23. The van der Waals surface area contributed by atoms with Crippen LogP contribution in [0.15, 0.2) is 133 Å². The van der Waals surface area contributed by atoms with Crippen molar-refractivity contribution in [1.82, 2.24) is 4.57 Å². The fraction of sp³-hybridized carbons (Fsp3) is 0. The van der Waals surface area contributed by atoms with Crippen LogP contribution in [0.1, 0.15) is 0 Å². The standard InChI is InChI=1S/C42H22B2N2O3/c1-2-9-23(10-3-1)45-29-13-6-14-30-38(29)43-26-21-27-37(22-31(26)45)49-35-18-8-16-33-40(35)44(27)39-32(47-33)15-7-17-34(39)48-36-20-19-25-24-11-4-5-12-28(24)46(30)42(25)41(36)43/h1-22H. The lowest BCUT2D eigenvalue weighted by Gasteiger charge is -2.42. The highest BCUT2D eigenvalue weighted by atomic mass is 16.5. The molecule has 2 bridgehead atoms. The number of anilines is 3. The summed E-state index contributed by atoms with van der Waals surface area (Å²) in [5.74, 6) is 5.00. The van der Waals surface area contributed by atoms with E-state index in [-0.39, 0.29) is 13.4 Å². The summed E-state index contributed by atoms with van der Waals surface area (Å²) in [5.41, 5.74) is 13.9. The van der Waals surface area contributed by atoms with E-state index in [4.69, 9.17) is 14.2 Å². The molecule has 0 radical (unpaired) electrons. The molecule has 13 rings (SSSR count). The second-order valence-electron chi connectivity index (χ2n) is 13.6. The first-order valence-corrected chi connectivity index (χ1v) is 16.8. The van der Waals surface area contributed by atoms with Crippen molar-refractivity contribution < 1.29 is 14.2 Å². The van der Waals surface area contributed by atoms with E-state index in [0.717, 1.165) is 67.9 Å². The van der Waals surface area contributed by atoms with Crippen molar-refractivity contribution in [3.8, 4) is 40.2 Å². The van der Waals surface area contributed by atoms with E-state index in [1.165, 1.54) is 43.9 Å². The first kappa shape index (κ1) is 24.8. The van der Waals surface area contributed by atoms with Crippen molar-refractivity contribution in [3.05, 3.63) is 133 Å². The van der Waals surface area contributed by atoms with Crippen LogP contribution in [0.3, 0.4) is 0 Å². The average Bonchev–Trinajstić information content (AvgIpc) is 3.48. The third-order valence-corrected chi connectivity index (χ3v) is 11.3. The first-order chi connectivity index (χ1) is 24.3. The lowest BCUT2D eigenvalue weighted by atomic mass is 9.30. The molecule has 224 valence electrons. The predicted molar refractivity (Wildman–Crippen MR) is 198 cm³/mol. The summed E-state index contributed by atoms with van der Waals surface area (Å²) in [4.78, 5) is 2.42. The largest absolute Gasteiger partial charge is 0.458 e. The normalized spacial score (nSPS) is 14.5. The zero-order valence-electron chi connectivity index (χ0n) is 26.0. The van der Waals surface area contributed by atoms with Gasteiger partial charge in [0.05, 0.1) is 11.0 Å². The first-order valence-electron chi connectivity index (χ1n) is 16.8. The molecule has 0 atom stereocenters. The van der Waals surface area contributed by atoms with Gasteiger partial charge in [-0.05, 0) is 88.6 Å². The van der Waals surface area contributed by atoms with Crippen molar-refractivity contribution >= 4 is 85.1 Å². The zero-order chi connectivity index (χ0) is 31.5. The molecular weight excluding hydrogens is 602 g/mol. The minimum absolute atomic E-state index is 0.0665. The molecule has 0 spiro atoms. The summed E-state index contributed by atoms with van der Waals surface area (Å²) in [5, 5.41) is 2.47. The number of nitrogens with zero attached hydrogens (tertiary/aromatic N) is 2. The highest BCUT2D eigenvalue weighted by molar-refractivity contribution is 7.03. The molecule has 5 aliphatic rings. The Kier molecular flexibility index (Phi) is 4.24. The number of aromatic nitrogens is 1. The van der Waals surface area contributed by atoms with E-state index in [1.54, 1.807) is 0 Å². The average molecular weight is 624 g/mol. The van der Waals surface area contributed by atoms with E-state index in [1.807, 2.05) is 18.2 Å². The summed E-state index contributed by atoms with van der Waals surface area (Å²) in [6.07, 6.45) is 0.